The second-order valence-corrected chi connectivity index (χ2v) is 10.3. The second-order valence-electron chi connectivity index (χ2n) is 6.10. The highest BCUT2D eigenvalue weighted by atomic mass is 32.2. The Morgan fingerprint density at radius 3 is 2.00 bits per heavy atom. The molecule has 120 valence electrons. The van der Waals surface area contributed by atoms with E-state index in [1.165, 1.54) is 0 Å². The zero-order valence-electron chi connectivity index (χ0n) is 12.2. The maximum absolute atomic E-state index is 11.6. The third kappa shape index (κ3) is 10.2. The number of hydrogen-bond donors (Lipinski definition) is 2. The minimum absolute atomic E-state index is 0.237. The van der Waals surface area contributed by atoms with Gasteiger partial charge in [-0.1, -0.05) is 20.8 Å². The van der Waals surface area contributed by atoms with Gasteiger partial charge in [0.15, 0.2) is 0 Å². The predicted octanol–water partition coefficient (Wildman–Crippen LogP) is 0.0874. The normalized spacial score (nSPS) is 15.0. The molecular formula is C11H23NO6S2. The monoisotopic (exact) mass is 329 g/mol. The van der Waals surface area contributed by atoms with Crippen LogP contribution in [0, 0.1) is 11.3 Å². The number of carboxylic acid groups (broad SMARTS) is 1. The fraction of sp³-hybridized carbons (Fsp3) is 0.909. The summed E-state index contributed by atoms with van der Waals surface area (Å²) in [7, 11) is -7.17. The minimum Gasteiger partial charge on any atom is -0.481 e. The van der Waals surface area contributed by atoms with E-state index >= 15 is 0 Å². The number of sulfonamides is 1. The largest absolute Gasteiger partial charge is 0.481 e. The maximum Gasteiger partial charge on any atom is 0.307 e. The highest BCUT2D eigenvalue weighted by Crippen LogP contribution is 2.24. The predicted molar refractivity (Wildman–Crippen MR) is 76.7 cm³/mol. The van der Waals surface area contributed by atoms with Gasteiger partial charge >= 0.3 is 5.97 Å². The van der Waals surface area contributed by atoms with Gasteiger partial charge in [-0.3, -0.25) is 4.79 Å². The zero-order valence-corrected chi connectivity index (χ0v) is 13.8. The van der Waals surface area contributed by atoms with Crippen molar-refractivity contribution >= 4 is 25.8 Å². The van der Waals surface area contributed by atoms with Crippen LogP contribution in [0.2, 0.25) is 0 Å². The van der Waals surface area contributed by atoms with Crippen molar-refractivity contribution in [3.63, 3.8) is 0 Å². The van der Waals surface area contributed by atoms with Crippen LogP contribution in [0.3, 0.4) is 0 Å². The Kier molecular flexibility index (Phi) is 6.63. The molecule has 7 nitrogen and oxygen atoms in total. The van der Waals surface area contributed by atoms with E-state index in [2.05, 4.69) is 4.72 Å². The molecule has 1 unspecified atom stereocenters. The molecule has 0 rings (SSSR count). The van der Waals surface area contributed by atoms with Crippen LogP contribution in [0.25, 0.3) is 0 Å². The van der Waals surface area contributed by atoms with Crippen molar-refractivity contribution in [1.29, 1.82) is 0 Å². The second kappa shape index (κ2) is 6.86. The molecule has 9 heteroatoms. The molecule has 0 radical (unpaired) electrons. The van der Waals surface area contributed by atoms with Gasteiger partial charge in [0.25, 0.3) is 0 Å². The first-order chi connectivity index (χ1) is 8.72. The van der Waals surface area contributed by atoms with Gasteiger partial charge in [-0.15, -0.1) is 0 Å². The van der Waals surface area contributed by atoms with E-state index in [1.807, 2.05) is 20.8 Å². The fourth-order valence-corrected chi connectivity index (χ4v) is 4.23. The molecule has 0 aliphatic carbocycles. The molecule has 0 aromatic rings. The molecule has 0 saturated carbocycles. The molecule has 0 amide bonds. The van der Waals surface area contributed by atoms with Crippen molar-refractivity contribution in [3.05, 3.63) is 0 Å². The average Bonchev–Trinajstić information content (AvgIpc) is 2.19. The summed E-state index contributed by atoms with van der Waals surface area (Å²) in [4.78, 5) is 11.1. The van der Waals surface area contributed by atoms with E-state index in [1.54, 1.807) is 0 Å². The molecule has 0 aliphatic rings. The third-order valence-corrected chi connectivity index (χ3v) is 5.03. The molecule has 0 bridgehead atoms. The summed E-state index contributed by atoms with van der Waals surface area (Å²) in [5.74, 6) is -2.97. The average molecular weight is 329 g/mol. The topological polar surface area (TPSA) is 118 Å². The molecule has 1 atom stereocenters. The van der Waals surface area contributed by atoms with Crippen LogP contribution in [-0.2, 0) is 24.7 Å². The van der Waals surface area contributed by atoms with E-state index in [4.69, 9.17) is 5.11 Å². The van der Waals surface area contributed by atoms with Gasteiger partial charge in [0.05, 0.1) is 17.4 Å². The molecule has 20 heavy (non-hydrogen) atoms. The SMILES string of the molecule is CC(C)(C)CC(CNS(=O)(=O)CCS(C)(=O)=O)C(=O)O. The maximum atomic E-state index is 11.6. The van der Waals surface area contributed by atoms with Crippen molar-refractivity contribution in [3.8, 4) is 0 Å². The number of sulfone groups is 1. The quantitative estimate of drug-likeness (QED) is 0.651. The molecule has 2 N–H and O–H groups in total. The number of hydrogen-bond acceptors (Lipinski definition) is 5. The molecule has 0 aromatic carbocycles. The molecule has 0 aromatic heterocycles. The van der Waals surface area contributed by atoms with Crippen LogP contribution in [0.4, 0.5) is 0 Å². The van der Waals surface area contributed by atoms with Crippen LogP contribution in [0.5, 0.6) is 0 Å². The molecule has 0 heterocycles. The first-order valence-corrected chi connectivity index (χ1v) is 9.81. The number of nitrogens with one attached hydrogen (secondary N) is 1. The lowest BCUT2D eigenvalue weighted by molar-refractivity contribution is -0.142. The van der Waals surface area contributed by atoms with Gasteiger partial charge in [-0.05, 0) is 11.8 Å². The summed E-state index contributed by atoms with van der Waals surface area (Å²) < 4.78 is 47.2. The van der Waals surface area contributed by atoms with E-state index in [0.29, 0.717) is 6.42 Å². The summed E-state index contributed by atoms with van der Waals surface area (Å²) in [5, 5.41) is 9.06. The van der Waals surface area contributed by atoms with Crippen molar-refractivity contribution in [2.75, 3.05) is 24.3 Å². The number of rotatable bonds is 8. The van der Waals surface area contributed by atoms with Crippen molar-refractivity contribution in [2.45, 2.75) is 27.2 Å². The van der Waals surface area contributed by atoms with Crippen LogP contribution in [0.1, 0.15) is 27.2 Å². The molecule has 0 fully saturated rings. The lowest BCUT2D eigenvalue weighted by Crippen LogP contribution is -2.37. The highest BCUT2D eigenvalue weighted by molar-refractivity contribution is 7.93. The number of aliphatic carboxylic acids is 1. The van der Waals surface area contributed by atoms with Crippen molar-refractivity contribution in [2.24, 2.45) is 11.3 Å². The summed E-state index contributed by atoms with van der Waals surface area (Å²) in [6.07, 6.45) is 1.26. The van der Waals surface area contributed by atoms with Gasteiger partial charge in [0.2, 0.25) is 10.0 Å². The van der Waals surface area contributed by atoms with Gasteiger partial charge in [0.1, 0.15) is 9.84 Å². The van der Waals surface area contributed by atoms with Crippen LogP contribution < -0.4 is 4.72 Å². The Bertz CT molecular complexity index is 530. The van der Waals surface area contributed by atoms with E-state index in [0.717, 1.165) is 6.26 Å². The van der Waals surface area contributed by atoms with Gasteiger partial charge in [-0.25, -0.2) is 21.6 Å². The molecule has 0 aliphatic heterocycles. The van der Waals surface area contributed by atoms with E-state index in [-0.39, 0.29) is 12.0 Å². The number of carboxylic acids is 1. The summed E-state index contributed by atoms with van der Waals surface area (Å²) in [6.45, 7) is 5.35. The standard InChI is InChI=1S/C11H23NO6S2/c1-11(2,3)7-9(10(13)14)8-12-20(17,18)6-5-19(4,15)16/h9,12H,5-8H2,1-4H3,(H,13,14). The third-order valence-electron chi connectivity index (χ3n) is 2.48. The Morgan fingerprint density at radius 1 is 1.15 bits per heavy atom. The van der Waals surface area contributed by atoms with E-state index in [9.17, 15) is 21.6 Å². The number of carbonyl (C=O) groups is 1. The van der Waals surface area contributed by atoms with Crippen LogP contribution >= 0.6 is 0 Å². The highest BCUT2D eigenvalue weighted by Gasteiger charge is 2.26. The van der Waals surface area contributed by atoms with Crippen molar-refractivity contribution in [1.82, 2.24) is 4.72 Å². The Labute approximate surface area is 120 Å². The van der Waals surface area contributed by atoms with Gasteiger partial charge in [-0.2, -0.15) is 0 Å². The Balaban J connectivity index is 4.59. The first kappa shape index (κ1) is 19.3. The summed E-state index contributed by atoms with van der Waals surface area (Å²) in [5.41, 5.74) is -0.249. The summed E-state index contributed by atoms with van der Waals surface area (Å²) in [6, 6.07) is 0. The fourth-order valence-electron chi connectivity index (χ4n) is 1.55. The first-order valence-electron chi connectivity index (χ1n) is 6.10. The molecule has 0 spiro atoms. The van der Waals surface area contributed by atoms with Gasteiger partial charge < -0.3 is 5.11 Å². The summed E-state index contributed by atoms with van der Waals surface area (Å²) >= 11 is 0. The van der Waals surface area contributed by atoms with Crippen LogP contribution in [0.15, 0.2) is 0 Å². The van der Waals surface area contributed by atoms with Gasteiger partial charge in [0, 0.05) is 12.8 Å². The smallest absolute Gasteiger partial charge is 0.307 e. The molecular weight excluding hydrogens is 306 g/mol. The Hall–Kier alpha value is -0.670. The van der Waals surface area contributed by atoms with Crippen molar-refractivity contribution < 1.29 is 26.7 Å². The van der Waals surface area contributed by atoms with E-state index < -0.39 is 43.3 Å². The molecule has 0 saturated heterocycles. The van der Waals surface area contributed by atoms with Crippen LogP contribution in [-0.4, -0.2) is 52.2 Å². The zero-order chi connectivity index (χ0) is 16.2. The lowest BCUT2D eigenvalue weighted by atomic mass is 9.85. The minimum atomic E-state index is -3.79. The Morgan fingerprint density at radius 2 is 1.65 bits per heavy atom. The lowest BCUT2D eigenvalue weighted by Gasteiger charge is -2.23.